The third-order valence-corrected chi connectivity index (χ3v) is 5.57. The molecule has 10 heteroatoms. The first-order valence-electron chi connectivity index (χ1n) is 7.70. The molecular weight excluding hydrogens is 374 g/mol. The summed E-state index contributed by atoms with van der Waals surface area (Å²) in [4.78, 5) is 34.2. The van der Waals surface area contributed by atoms with Crippen LogP contribution in [0.5, 0.6) is 0 Å². The Morgan fingerprint density at radius 2 is 2.15 bits per heavy atom. The molecule has 0 aliphatic carbocycles. The van der Waals surface area contributed by atoms with E-state index in [1.807, 2.05) is 13.8 Å². The molecule has 0 aromatic carbocycles. The Balaban J connectivity index is 1.54. The van der Waals surface area contributed by atoms with Crippen LogP contribution in [0.3, 0.4) is 0 Å². The fraction of sp³-hybridized carbons (Fsp3) is 0.250. The zero-order chi connectivity index (χ0) is 18.7. The molecule has 0 saturated heterocycles. The van der Waals surface area contributed by atoms with Gasteiger partial charge in [0.1, 0.15) is 16.4 Å². The summed E-state index contributed by atoms with van der Waals surface area (Å²) in [6.07, 6.45) is 1.51. The topological polar surface area (TPSA) is 123 Å². The van der Waals surface area contributed by atoms with Gasteiger partial charge in [0.25, 0.3) is 0 Å². The number of carbonyl (C=O) groups excluding carboxylic acids is 2. The highest BCUT2D eigenvalue weighted by Crippen LogP contribution is 2.33. The van der Waals surface area contributed by atoms with Crippen LogP contribution in [0.25, 0.3) is 10.2 Å². The molecule has 0 spiro atoms. The van der Waals surface area contributed by atoms with Crippen molar-refractivity contribution in [1.29, 1.82) is 0 Å². The Hall–Kier alpha value is -2.59. The summed E-state index contributed by atoms with van der Waals surface area (Å²) in [5.74, 6) is 0.548. The van der Waals surface area contributed by atoms with Gasteiger partial charge in [0.2, 0.25) is 5.91 Å². The molecule has 3 amide bonds. The summed E-state index contributed by atoms with van der Waals surface area (Å²) < 4.78 is 5.09. The van der Waals surface area contributed by atoms with E-state index in [0.29, 0.717) is 16.7 Å². The lowest BCUT2D eigenvalue weighted by Crippen LogP contribution is -2.39. The molecule has 0 aliphatic rings. The van der Waals surface area contributed by atoms with Crippen molar-refractivity contribution >= 4 is 51.1 Å². The molecule has 0 unspecified atom stereocenters. The van der Waals surface area contributed by atoms with E-state index in [0.717, 1.165) is 32.4 Å². The number of aromatic nitrogens is 2. The van der Waals surface area contributed by atoms with Crippen molar-refractivity contribution in [3.63, 3.8) is 0 Å². The van der Waals surface area contributed by atoms with Gasteiger partial charge in [0.05, 0.1) is 23.9 Å². The van der Waals surface area contributed by atoms with Gasteiger partial charge in [0, 0.05) is 4.88 Å². The van der Waals surface area contributed by atoms with Crippen molar-refractivity contribution in [2.24, 2.45) is 0 Å². The zero-order valence-electron chi connectivity index (χ0n) is 14.2. The van der Waals surface area contributed by atoms with Crippen molar-refractivity contribution in [2.45, 2.75) is 25.5 Å². The average molecular weight is 391 g/mol. The van der Waals surface area contributed by atoms with Crippen molar-refractivity contribution in [3.8, 4) is 0 Å². The number of amides is 3. The number of urea groups is 1. The maximum absolute atomic E-state index is 11.9. The number of furan rings is 1. The van der Waals surface area contributed by atoms with Gasteiger partial charge in [-0.25, -0.2) is 14.8 Å². The largest absolute Gasteiger partial charge is 0.467 e. The van der Waals surface area contributed by atoms with Gasteiger partial charge in [-0.1, -0.05) is 11.8 Å². The van der Waals surface area contributed by atoms with Gasteiger partial charge in [-0.3, -0.25) is 10.1 Å². The van der Waals surface area contributed by atoms with Crippen LogP contribution in [0.2, 0.25) is 0 Å². The smallest absolute Gasteiger partial charge is 0.321 e. The van der Waals surface area contributed by atoms with E-state index in [2.05, 4.69) is 20.6 Å². The summed E-state index contributed by atoms with van der Waals surface area (Å²) in [5, 5.41) is 6.04. The first-order valence-corrected chi connectivity index (χ1v) is 9.50. The summed E-state index contributed by atoms with van der Waals surface area (Å²) in [6.45, 7) is 4.19. The van der Waals surface area contributed by atoms with E-state index >= 15 is 0 Å². The van der Waals surface area contributed by atoms with E-state index < -0.39 is 11.9 Å². The molecular formula is C16H17N5O3S2. The molecule has 136 valence electrons. The van der Waals surface area contributed by atoms with Crippen LogP contribution >= 0.6 is 23.1 Å². The lowest BCUT2D eigenvalue weighted by atomic mass is 10.2. The van der Waals surface area contributed by atoms with E-state index in [9.17, 15) is 9.59 Å². The monoisotopic (exact) mass is 391 g/mol. The Kier molecular flexibility index (Phi) is 5.43. The van der Waals surface area contributed by atoms with Gasteiger partial charge in [-0.05, 0) is 31.5 Å². The van der Waals surface area contributed by atoms with Gasteiger partial charge >= 0.3 is 6.03 Å². The average Bonchev–Trinajstić information content (AvgIpc) is 3.20. The lowest BCUT2D eigenvalue weighted by Gasteiger charge is -2.05. The minimum atomic E-state index is -0.590. The number of nitrogens with zero attached hydrogens (tertiary/aromatic N) is 2. The van der Waals surface area contributed by atoms with E-state index in [1.54, 1.807) is 12.1 Å². The molecule has 3 aromatic heterocycles. The summed E-state index contributed by atoms with van der Waals surface area (Å²) in [7, 11) is 0. The van der Waals surface area contributed by atoms with Gasteiger partial charge in [-0.2, -0.15) is 0 Å². The molecule has 26 heavy (non-hydrogen) atoms. The van der Waals surface area contributed by atoms with Crippen LogP contribution in [0.15, 0.2) is 28.0 Å². The second-order valence-electron chi connectivity index (χ2n) is 5.45. The van der Waals surface area contributed by atoms with Crippen LogP contribution in [0.1, 0.15) is 16.2 Å². The summed E-state index contributed by atoms with van der Waals surface area (Å²) in [6, 6.07) is 2.85. The van der Waals surface area contributed by atoms with Crippen LogP contribution in [0, 0.1) is 13.8 Å². The number of anilines is 1. The van der Waals surface area contributed by atoms with E-state index in [1.165, 1.54) is 17.6 Å². The van der Waals surface area contributed by atoms with Gasteiger partial charge < -0.3 is 15.5 Å². The number of hydrogen-bond acceptors (Lipinski definition) is 8. The standard InChI is InChI=1S/C16H17N5O3S2/c1-8-9(2)26-14-12(8)13(17)20-16(21-14)25-7-11(22)19-15(23)18-6-10-4-3-5-24-10/h3-5H,6-7H2,1-2H3,(H2,17,20,21)(H2,18,19,22,23). The highest BCUT2D eigenvalue weighted by molar-refractivity contribution is 7.99. The highest BCUT2D eigenvalue weighted by Gasteiger charge is 2.14. The Bertz CT molecular complexity index is 953. The molecule has 3 rings (SSSR count). The number of thioether (sulfide) groups is 1. The zero-order valence-corrected chi connectivity index (χ0v) is 15.8. The minimum Gasteiger partial charge on any atom is -0.467 e. The van der Waals surface area contributed by atoms with Crippen molar-refractivity contribution < 1.29 is 14.0 Å². The van der Waals surface area contributed by atoms with Crippen LogP contribution in [0.4, 0.5) is 10.6 Å². The van der Waals surface area contributed by atoms with Crippen LogP contribution in [-0.2, 0) is 11.3 Å². The number of thiophene rings is 1. The second kappa shape index (κ2) is 7.75. The minimum absolute atomic E-state index is 0.00244. The first kappa shape index (κ1) is 18.2. The number of aryl methyl sites for hydroxylation is 2. The number of rotatable bonds is 5. The predicted molar refractivity (Wildman–Crippen MR) is 101 cm³/mol. The Morgan fingerprint density at radius 3 is 2.88 bits per heavy atom. The number of nitrogens with one attached hydrogen (secondary N) is 2. The third-order valence-electron chi connectivity index (χ3n) is 3.62. The highest BCUT2D eigenvalue weighted by atomic mass is 32.2. The second-order valence-corrected chi connectivity index (χ2v) is 7.60. The molecule has 0 radical (unpaired) electrons. The molecule has 4 N–H and O–H groups in total. The fourth-order valence-corrected chi connectivity index (χ4v) is 3.99. The molecule has 0 atom stereocenters. The number of carbonyl (C=O) groups is 2. The normalized spacial score (nSPS) is 10.8. The number of nitrogen functional groups attached to an aromatic ring is 1. The van der Waals surface area contributed by atoms with E-state index in [4.69, 9.17) is 10.2 Å². The van der Waals surface area contributed by atoms with Crippen LogP contribution < -0.4 is 16.4 Å². The van der Waals surface area contributed by atoms with Crippen molar-refractivity contribution in [2.75, 3.05) is 11.5 Å². The van der Waals surface area contributed by atoms with Crippen LogP contribution in [-0.4, -0.2) is 27.7 Å². The maximum Gasteiger partial charge on any atom is 0.321 e. The summed E-state index contributed by atoms with van der Waals surface area (Å²) in [5.41, 5.74) is 7.09. The number of nitrogens with two attached hydrogens (primary N) is 1. The number of fused-ring (bicyclic) bond motifs is 1. The van der Waals surface area contributed by atoms with Gasteiger partial charge in [0.15, 0.2) is 5.16 Å². The molecule has 3 heterocycles. The van der Waals surface area contributed by atoms with Gasteiger partial charge in [-0.15, -0.1) is 11.3 Å². The van der Waals surface area contributed by atoms with Crippen molar-refractivity contribution in [1.82, 2.24) is 20.6 Å². The molecule has 8 nitrogen and oxygen atoms in total. The lowest BCUT2D eigenvalue weighted by molar-refractivity contribution is -0.117. The predicted octanol–water partition coefficient (Wildman–Crippen LogP) is 2.60. The Labute approximate surface area is 157 Å². The quantitative estimate of drug-likeness (QED) is 0.451. The summed E-state index contributed by atoms with van der Waals surface area (Å²) >= 11 is 2.66. The Morgan fingerprint density at radius 1 is 1.35 bits per heavy atom. The first-order chi connectivity index (χ1) is 12.4. The number of imide groups is 1. The molecule has 0 fully saturated rings. The molecule has 0 saturated carbocycles. The molecule has 0 bridgehead atoms. The SMILES string of the molecule is Cc1sc2nc(SCC(=O)NC(=O)NCc3ccco3)nc(N)c2c1C. The van der Waals surface area contributed by atoms with Crippen molar-refractivity contribution in [3.05, 3.63) is 34.6 Å². The number of hydrogen-bond donors (Lipinski definition) is 3. The van der Waals surface area contributed by atoms with E-state index in [-0.39, 0.29) is 12.3 Å². The fourth-order valence-electron chi connectivity index (χ4n) is 2.24. The third kappa shape index (κ3) is 4.14. The maximum atomic E-state index is 11.9. The molecule has 3 aromatic rings. The molecule has 0 aliphatic heterocycles.